The molecule has 8 heteroatoms. The number of anilines is 2. The van der Waals surface area contributed by atoms with Crippen LogP contribution >= 0.6 is 11.3 Å². The van der Waals surface area contributed by atoms with Gasteiger partial charge in [-0.2, -0.15) is 0 Å². The highest BCUT2D eigenvalue weighted by Crippen LogP contribution is 2.25. The molecular formula is C16H20N4O3S. The fourth-order valence-corrected chi connectivity index (χ4v) is 2.86. The number of amides is 3. The number of carbonyl (C=O) groups is 2. The van der Waals surface area contributed by atoms with Gasteiger partial charge in [-0.3, -0.25) is 10.1 Å². The van der Waals surface area contributed by atoms with Gasteiger partial charge in [0.05, 0.1) is 18.5 Å². The largest absolute Gasteiger partial charge is 0.495 e. The van der Waals surface area contributed by atoms with E-state index < -0.39 is 6.03 Å². The third kappa shape index (κ3) is 4.45. The molecular weight excluding hydrogens is 328 g/mol. The maximum atomic E-state index is 12.1. The number of methoxy groups -OCH3 is 1. The van der Waals surface area contributed by atoms with E-state index in [0.29, 0.717) is 33.7 Å². The van der Waals surface area contributed by atoms with Gasteiger partial charge in [-0.25, -0.2) is 9.78 Å². The second-order valence-corrected chi connectivity index (χ2v) is 5.97. The molecule has 0 aliphatic heterocycles. The van der Waals surface area contributed by atoms with Crippen molar-refractivity contribution in [2.75, 3.05) is 24.3 Å². The van der Waals surface area contributed by atoms with E-state index in [-0.39, 0.29) is 5.91 Å². The van der Waals surface area contributed by atoms with Crippen LogP contribution in [-0.2, 0) is 0 Å². The lowest BCUT2D eigenvalue weighted by molar-refractivity contribution is 0.0957. The first-order chi connectivity index (χ1) is 11.5. The Morgan fingerprint density at radius 1 is 1.25 bits per heavy atom. The Morgan fingerprint density at radius 2 is 2.00 bits per heavy atom. The van der Waals surface area contributed by atoms with Gasteiger partial charge in [0.15, 0.2) is 5.13 Å². The zero-order chi connectivity index (χ0) is 17.5. The van der Waals surface area contributed by atoms with Gasteiger partial charge in [0.25, 0.3) is 5.91 Å². The predicted molar refractivity (Wildman–Crippen MR) is 95.1 cm³/mol. The summed E-state index contributed by atoms with van der Waals surface area (Å²) in [5.74, 6) is 0.382. The van der Waals surface area contributed by atoms with Crippen molar-refractivity contribution in [3.63, 3.8) is 0 Å². The average molecular weight is 348 g/mol. The minimum Gasteiger partial charge on any atom is -0.495 e. The topological polar surface area (TPSA) is 92.4 Å². The van der Waals surface area contributed by atoms with Crippen LogP contribution in [0.5, 0.6) is 5.75 Å². The van der Waals surface area contributed by atoms with Crippen molar-refractivity contribution in [3.05, 3.63) is 34.8 Å². The molecule has 0 radical (unpaired) electrons. The second-order valence-electron chi connectivity index (χ2n) is 4.97. The quantitative estimate of drug-likeness (QED) is 0.747. The number of rotatable bonds is 6. The number of carbonyl (C=O) groups excluding carboxylic acids is 2. The van der Waals surface area contributed by atoms with Crippen LogP contribution in [0.2, 0.25) is 0 Å². The normalized spacial score (nSPS) is 10.1. The molecule has 0 bridgehead atoms. The van der Waals surface area contributed by atoms with Crippen molar-refractivity contribution >= 4 is 34.1 Å². The van der Waals surface area contributed by atoms with Crippen molar-refractivity contribution < 1.29 is 14.3 Å². The van der Waals surface area contributed by atoms with Crippen LogP contribution in [0.1, 0.15) is 28.7 Å². The van der Waals surface area contributed by atoms with Crippen LogP contribution in [0.3, 0.4) is 0 Å². The summed E-state index contributed by atoms with van der Waals surface area (Å²) in [5, 5.41) is 8.49. The van der Waals surface area contributed by atoms with Crippen LogP contribution in [0.15, 0.2) is 24.3 Å². The zero-order valence-corrected chi connectivity index (χ0v) is 14.6. The Kier molecular flexibility index (Phi) is 6.14. The lowest BCUT2D eigenvalue weighted by atomic mass is 10.3. The molecule has 0 atom stereocenters. The number of ether oxygens (including phenoxy) is 1. The van der Waals surface area contributed by atoms with Crippen LogP contribution in [0.25, 0.3) is 0 Å². The van der Waals surface area contributed by atoms with E-state index in [0.717, 1.165) is 17.8 Å². The van der Waals surface area contributed by atoms with E-state index in [4.69, 9.17) is 4.74 Å². The summed E-state index contributed by atoms with van der Waals surface area (Å²) in [6.45, 7) is 4.32. The molecule has 24 heavy (non-hydrogen) atoms. The summed E-state index contributed by atoms with van der Waals surface area (Å²) in [7, 11) is 1.53. The first kappa shape index (κ1) is 17.7. The maximum Gasteiger partial charge on any atom is 0.325 e. The number of nitrogens with zero attached hydrogens (tertiary/aromatic N) is 1. The molecule has 1 aromatic carbocycles. The predicted octanol–water partition coefficient (Wildman–Crippen LogP) is 3.24. The Bertz CT molecular complexity index is 730. The van der Waals surface area contributed by atoms with Crippen molar-refractivity contribution in [2.45, 2.75) is 20.3 Å². The standard InChI is InChI=1S/C16H20N4O3S/c1-4-9-17-14(21)13-10(2)18-16(24-13)20-15(22)19-11-7-5-6-8-12(11)23-3/h5-8H,4,9H2,1-3H3,(H,17,21)(H2,18,19,20,22). The second kappa shape index (κ2) is 8.30. The van der Waals surface area contributed by atoms with Gasteiger partial charge in [0.2, 0.25) is 0 Å². The smallest absolute Gasteiger partial charge is 0.325 e. The molecule has 0 fully saturated rings. The number of para-hydroxylation sites is 2. The van der Waals surface area contributed by atoms with Crippen LogP contribution in [-0.4, -0.2) is 30.6 Å². The van der Waals surface area contributed by atoms with E-state index in [9.17, 15) is 9.59 Å². The third-order valence-electron chi connectivity index (χ3n) is 3.11. The maximum absolute atomic E-state index is 12.1. The van der Waals surface area contributed by atoms with Crippen LogP contribution < -0.4 is 20.7 Å². The summed E-state index contributed by atoms with van der Waals surface area (Å²) in [5.41, 5.74) is 1.13. The molecule has 0 aliphatic carbocycles. The van der Waals surface area contributed by atoms with Gasteiger partial charge in [-0.15, -0.1) is 0 Å². The minimum atomic E-state index is -0.450. The number of thiazole rings is 1. The lowest BCUT2D eigenvalue weighted by Crippen LogP contribution is -2.23. The number of urea groups is 1. The molecule has 3 amide bonds. The number of nitrogens with one attached hydrogen (secondary N) is 3. The molecule has 2 rings (SSSR count). The Balaban J connectivity index is 2.03. The van der Waals surface area contributed by atoms with Crippen LogP contribution in [0.4, 0.5) is 15.6 Å². The van der Waals surface area contributed by atoms with Gasteiger partial charge in [-0.05, 0) is 25.5 Å². The molecule has 0 aliphatic rings. The summed E-state index contributed by atoms with van der Waals surface area (Å²) in [6, 6.07) is 6.64. The summed E-state index contributed by atoms with van der Waals surface area (Å²) in [4.78, 5) is 28.8. The highest BCUT2D eigenvalue weighted by molar-refractivity contribution is 7.17. The Morgan fingerprint density at radius 3 is 2.71 bits per heavy atom. The third-order valence-corrected chi connectivity index (χ3v) is 4.19. The average Bonchev–Trinajstić information content (AvgIpc) is 2.93. The molecule has 7 nitrogen and oxygen atoms in total. The first-order valence-electron chi connectivity index (χ1n) is 7.51. The SMILES string of the molecule is CCCNC(=O)c1sc(NC(=O)Nc2ccccc2OC)nc1C. The summed E-state index contributed by atoms with van der Waals surface area (Å²) < 4.78 is 5.18. The highest BCUT2D eigenvalue weighted by atomic mass is 32.1. The number of aryl methyl sites for hydroxylation is 1. The van der Waals surface area contributed by atoms with E-state index >= 15 is 0 Å². The fraction of sp³-hybridized carbons (Fsp3) is 0.312. The van der Waals surface area contributed by atoms with E-state index in [1.807, 2.05) is 13.0 Å². The molecule has 0 unspecified atom stereocenters. The van der Waals surface area contributed by atoms with E-state index in [2.05, 4.69) is 20.9 Å². The van der Waals surface area contributed by atoms with Crippen molar-refractivity contribution in [3.8, 4) is 5.75 Å². The highest BCUT2D eigenvalue weighted by Gasteiger charge is 2.16. The minimum absolute atomic E-state index is 0.176. The zero-order valence-electron chi connectivity index (χ0n) is 13.8. The van der Waals surface area contributed by atoms with Crippen molar-refractivity contribution in [1.29, 1.82) is 0 Å². The van der Waals surface area contributed by atoms with E-state index in [1.165, 1.54) is 7.11 Å². The Labute approximate surface area is 144 Å². The number of aromatic nitrogens is 1. The molecule has 0 spiro atoms. The van der Waals surface area contributed by atoms with Crippen molar-refractivity contribution in [1.82, 2.24) is 10.3 Å². The van der Waals surface area contributed by atoms with Gasteiger partial charge < -0.3 is 15.4 Å². The molecule has 0 saturated heterocycles. The molecule has 128 valence electrons. The molecule has 3 N–H and O–H groups in total. The van der Waals surface area contributed by atoms with E-state index in [1.54, 1.807) is 25.1 Å². The van der Waals surface area contributed by atoms with Crippen LogP contribution in [0, 0.1) is 6.92 Å². The molecule has 1 aromatic heterocycles. The number of hydrogen-bond donors (Lipinski definition) is 3. The van der Waals surface area contributed by atoms with Gasteiger partial charge in [0, 0.05) is 6.54 Å². The summed E-state index contributed by atoms with van der Waals surface area (Å²) >= 11 is 1.14. The monoisotopic (exact) mass is 348 g/mol. The fourth-order valence-electron chi connectivity index (χ4n) is 1.98. The molecule has 1 heterocycles. The number of hydrogen-bond acceptors (Lipinski definition) is 5. The Hall–Kier alpha value is -2.61. The molecule has 2 aromatic rings. The van der Waals surface area contributed by atoms with Gasteiger partial charge >= 0.3 is 6.03 Å². The van der Waals surface area contributed by atoms with Gasteiger partial charge in [-0.1, -0.05) is 30.4 Å². The number of benzene rings is 1. The van der Waals surface area contributed by atoms with Gasteiger partial charge in [0.1, 0.15) is 10.6 Å². The summed E-state index contributed by atoms with van der Waals surface area (Å²) in [6.07, 6.45) is 0.857. The van der Waals surface area contributed by atoms with Crippen molar-refractivity contribution in [2.24, 2.45) is 0 Å². The first-order valence-corrected chi connectivity index (χ1v) is 8.33. The molecule has 0 saturated carbocycles. The lowest BCUT2D eigenvalue weighted by Gasteiger charge is -2.09.